The first-order valence-electron chi connectivity index (χ1n) is 7.73. The van der Waals surface area contributed by atoms with E-state index in [2.05, 4.69) is 17.1 Å². The van der Waals surface area contributed by atoms with Gasteiger partial charge in [0.05, 0.1) is 0 Å². The molecule has 1 saturated heterocycles. The second-order valence-corrected chi connectivity index (χ2v) is 5.38. The van der Waals surface area contributed by atoms with Crippen LogP contribution in [0.3, 0.4) is 0 Å². The predicted octanol–water partition coefficient (Wildman–Crippen LogP) is 2.34. The molecule has 21 heavy (non-hydrogen) atoms. The van der Waals surface area contributed by atoms with E-state index in [0.29, 0.717) is 6.04 Å². The quantitative estimate of drug-likeness (QED) is 0.904. The number of nitrogens with zero attached hydrogens (tertiary/aromatic N) is 1. The highest BCUT2D eigenvalue weighted by Gasteiger charge is 2.19. The lowest BCUT2D eigenvalue weighted by Gasteiger charge is -2.34. The molecule has 2 rings (SSSR count). The van der Waals surface area contributed by atoms with Gasteiger partial charge >= 0.3 is 0 Å². The van der Waals surface area contributed by atoms with Crippen LogP contribution in [-0.4, -0.2) is 49.5 Å². The number of carbonyl (C=O) groups excluding carboxylic acids is 1. The topological polar surface area (TPSA) is 41.6 Å². The number of rotatable bonds is 5. The van der Waals surface area contributed by atoms with Crippen molar-refractivity contribution >= 4 is 5.78 Å². The summed E-state index contributed by atoms with van der Waals surface area (Å²) in [6, 6.07) is 10.6. The Kier molecular flexibility index (Phi) is 8.71. The zero-order valence-corrected chi connectivity index (χ0v) is 13.5. The van der Waals surface area contributed by atoms with Gasteiger partial charge in [-0.25, -0.2) is 0 Å². The average molecular weight is 292 g/mol. The Hall–Kier alpha value is -1.39. The van der Waals surface area contributed by atoms with E-state index in [1.807, 2.05) is 30.3 Å². The van der Waals surface area contributed by atoms with Gasteiger partial charge in [0.15, 0.2) is 0 Å². The molecule has 1 fully saturated rings. The minimum absolute atomic E-state index is 0.167. The highest BCUT2D eigenvalue weighted by molar-refractivity contribution is 5.72. The van der Waals surface area contributed by atoms with Gasteiger partial charge in [0, 0.05) is 32.2 Å². The van der Waals surface area contributed by atoms with Crippen molar-refractivity contribution in [3.63, 3.8) is 0 Å². The van der Waals surface area contributed by atoms with Crippen molar-refractivity contribution < 1.29 is 9.53 Å². The number of ether oxygens (including phenoxy) is 1. The van der Waals surface area contributed by atoms with Crippen LogP contribution in [0.5, 0.6) is 5.75 Å². The molecule has 4 heteroatoms. The standard InChI is InChI=1S/C14H22N2O.C3H6O/c1-2-13(16-10-8-15-9-11-16)12-17-14-6-4-3-5-7-14;1-3(2)4/h3-7,13,15H,2,8-12H2,1H3;1-2H3. The van der Waals surface area contributed by atoms with Gasteiger partial charge in [0.2, 0.25) is 0 Å². The number of Topliss-reactive ketones (excluding diaryl/α,β-unsaturated/α-hetero) is 1. The first-order valence-corrected chi connectivity index (χ1v) is 7.73. The molecular weight excluding hydrogens is 264 g/mol. The molecule has 1 aliphatic rings. The maximum absolute atomic E-state index is 9.44. The van der Waals surface area contributed by atoms with Crippen molar-refractivity contribution in [2.24, 2.45) is 0 Å². The fourth-order valence-electron chi connectivity index (χ4n) is 2.24. The predicted molar refractivity (Wildman–Crippen MR) is 86.8 cm³/mol. The second-order valence-electron chi connectivity index (χ2n) is 5.38. The molecule has 1 unspecified atom stereocenters. The molecule has 118 valence electrons. The smallest absolute Gasteiger partial charge is 0.126 e. The third-order valence-corrected chi connectivity index (χ3v) is 3.32. The van der Waals surface area contributed by atoms with Gasteiger partial charge < -0.3 is 14.8 Å². The van der Waals surface area contributed by atoms with Gasteiger partial charge in [-0.05, 0) is 32.4 Å². The maximum atomic E-state index is 9.44. The Labute approximate surface area is 128 Å². The van der Waals surface area contributed by atoms with E-state index in [1.165, 1.54) is 13.8 Å². The Morgan fingerprint density at radius 1 is 1.24 bits per heavy atom. The molecule has 4 nitrogen and oxygen atoms in total. The number of benzene rings is 1. The lowest BCUT2D eigenvalue weighted by Crippen LogP contribution is -2.50. The number of carbonyl (C=O) groups is 1. The Morgan fingerprint density at radius 2 is 1.81 bits per heavy atom. The summed E-state index contributed by atoms with van der Waals surface area (Å²) in [4.78, 5) is 12.0. The van der Waals surface area contributed by atoms with Crippen LogP contribution in [0.25, 0.3) is 0 Å². The first kappa shape index (κ1) is 17.7. The van der Waals surface area contributed by atoms with Gasteiger partial charge in [-0.3, -0.25) is 4.90 Å². The zero-order chi connectivity index (χ0) is 15.5. The van der Waals surface area contributed by atoms with E-state index < -0.39 is 0 Å². The summed E-state index contributed by atoms with van der Waals surface area (Å²) < 4.78 is 5.85. The number of hydrogen-bond acceptors (Lipinski definition) is 4. The Balaban J connectivity index is 0.000000491. The zero-order valence-electron chi connectivity index (χ0n) is 13.5. The van der Waals surface area contributed by atoms with Crippen molar-refractivity contribution in [3.8, 4) is 5.75 Å². The molecule has 0 bridgehead atoms. The summed E-state index contributed by atoms with van der Waals surface area (Å²) in [5.74, 6) is 1.14. The van der Waals surface area contributed by atoms with Crippen LogP contribution in [0.4, 0.5) is 0 Å². The van der Waals surface area contributed by atoms with Crippen molar-refractivity contribution in [2.45, 2.75) is 33.2 Å². The molecule has 1 atom stereocenters. The van der Waals surface area contributed by atoms with E-state index >= 15 is 0 Å². The molecular formula is C17H28N2O2. The van der Waals surface area contributed by atoms with E-state index in [9.17, 15) is 4.79 Å². The number of piperazine rings is 1. The van der Waals surface area contributed by atoms with Crippen LogP contribution in [0.15, 0.2) is 30.3 Å². The average Bonchev–Trinajstić information content (AvgIpc) is 2.49. The van der Waals surface area contributed by atoms with Crippen molar-refractivity contribution in [1.29, 1.82) is 0 Å². The summed E-state index contributed by atoms with van der Waals surface area (Å²) in [7, 11) is 0. The fourth-order valence-corrected chi connectivity index (χ4v) is 2.24. The van der Waals surface area contributed by atoms with Crippen LogP contribution in [0, 0.1) is 0 Å². The summed E-state index contributed by atoms with van der Waals surface area (Å²) in [6.07, 6.45) is 1.15. The van der Waals surface area contributed by atoms with Gasteiger partial charge in [-0.1, -0.05) is 25.1 Å². The van der Waals surface area contributed by atoms with Crippen LogP contribution < -0.4 is 10.1 Å². The Morgan fingerprint density at radius 3 is 2.33 bits per heavy atom. The molecule has 0 amide bonds. The van der Waals surface area contributed by atoms with E-state index in [0.717, 1.165) is 45.0 Å². The molecule has 0 saturated carbocycles. The normalized spacial score (nSPS) is 16.5. The first-order chi connectivity index (χ1) is 10.1. The van der Waals surface area contributed by atoms with Gasteiger partial charge in [-0.2, -0.15) is 0 Å². The van der Waals surface area contributed by atoms with Gasteiger partial charge in [-0.15, -0.1) is 0 Å². The SMILES string of the molecule is CC(C)=O.CCC(COc1ccccc1)N1CCNCC1. The third-order valence-electron chi connectivity index (χ3n) is 3.32. The lowest BCUT2D eigenvalue weighted by molar-refractivity contribution is -0.114. The summed E-state index contributed by atoms with van der Waals surface area (Å²) in [5.41, 5.74) is 0. The molecule has 1 aliphatic heterocycles. The van der Waals surface area contributed by atoms with E-state index in [1.54, 1.807) is 0 Å². The molecule has 0 spiro atoms. The maximum Gasteiger partial charge on any atom is 0.126 e. The molecule has 0 radical (unpaired) electrons. The second kappa shape index (κ2) is 10.4. The molecule has 1 aromatic rings. The van der Waals surface area contributed by atoms with Crippen LogP contribution in [-0.2, 0) is 4.79 Å². The van der Waals surface area contributed by atoms with E-state index in [-0.39, 0.29) is 5.78 Å². The number of para-hydroxylation sites is 1. The molecule has 0 aromatic heterocycles. The lowest BCUT2D eigenvalue weighted by atomic mass is 10.2. The third kappa shape index (κ3) is 7.83. The van der Waals surface area contributed by atoms with Crippen LogP contribution in [0.2, 0.25) is 0 Å². The molecule has 1 N–H and O–H groups in total. The van der Waals surface area contributed by atoms with E-state index in [4.69, 9.17) is 4.74 Å². The number of ketones is 1. The van der Waals surface area contributed by atoms with Crippen molar-refractivity contribution in [2.75, 3.05) is 32.8 Å². The highest BCUT2D eigenvalue weighted by atomic mass is 16.5. The van der Waals surface area contributed by atoms with Crippen molar-refractivity contribution in [3.05, 3.63) is 30.3 Å². The molecule has 0 aliphatic carbocycles. The van der Waals surface area contributed by atoms with Crippen molar-refractivity contribution in [1.82, 2.24) is 10.2 Å². The minimum atomic E-state index is 0.167. The highest BCUT2D eigenvalue weighted by Crippen LogP contribution is 2.12. The number of hydrogen-bond donors (Lipinski definition) is 1. The van der Waals surface area contributed by atoms with Crippen LogP contribution >= 0.6 is 0 Å². The largest absolute Gasteiger partial charge is 0.492 e. The monoisotopic (exact) mass is 292 g/mol. The molecule has 1 heterocycles. The van der Waals surface area contributed by atoms with Crippen LogP contribution in [0.1, 0.15) is 27.2 Å². The van der Waals surface area contributed by atoms with Gasteiger partial charge in [0.1, 0.15) is 18.1 Å². The molecule has 1 aromatic carbocycles. The summed E-state index contributed by atoms with van der Waals surface area (Å²) in [5, 5.41) is 3.38. The Bertz CT molecular complexity index is 385. The summed E-state index contributed by atoms with van der Waals surface area (Å²) in [6.45, 7) is 10.6. The fraction of sp³-hybridized carbons (Fsp3) is 0.588. The minimum Gasteiger partial charge on any atom is -0.492 e. The van der Waals surface area contributed by atoms with Gasteiger partial charge in [0.25, 0.3) is 0 Å². The number of nitrogens with one attached hydrogen (secondary N) is 1. The summed E-state index contributed by atoms with van der Waals surface area (Å²) >= 11 is 0.